The number of rotatable bonds is 2. The van der Waals surface area contributed by atoms with Crippen LogP contribution in [-0.2, 0) is 0 Å². The van der Waals surface area contributed by atoms with Crippen molar-refractivity contribution < 1.29 is 9.13 Å². The van der Waals surface area contributed by atoms with Crippen LogP contribution in [0.3, 0.4) is 0 Å². The zero-order valence-electron chi connectivity index (χ0n) is 9.50. The minimum absolute atomic E-state index is 0.221. The van der Waals surface area contributed by atoms with Crippen LogP contribution >= 0.6 is 11.6 Å². The number of pyridine rings is 1. The van der Waals surface area contributed by atoms with E-state index in [9.17, 15) is 4.39 Å². The highest BCUT2D eigenvalue weighted by Crippen LogP contribution is 2.27. The van der Waals surface area contributed by atoms with Gasteiger partial charge < -0.3 is 4.74 Å². The van der Waals surface area contributed by atoms with Crippen molar-refractivity contribution in [3.8, 4) is 17.0 Å². The molecule has 2 rings (SSSR count). The van der Waals surface area contributed by atoms with Crippen molar-refractivity contribution in [3.05, 3.63) is 46.9 Å². The van der Waals surface area contributed by atoms with Gasteiger partial charge in [-0.15, -0.1) is 0 Å². The van der Waals surface area contributed by atoms with E-state index in [1.54, 1.807) is 31.2 Å². The lowest BCUT2D eigenvalue weighted by atomic mass is 10.0. The Labute approximate surface area is 104 Å². The monoisotopic (exact) mass is 251 g/mol. The molecule has 4 heteroatoms. The Morgan fingerprint density at radius 3 is 2.59 bits per heavy atom. The van der Waals surface area contributed by atoms with Crippen LogP contribution in [0.1, 0.15) is 5.56 Å². The van der Waals surface area contributed by atoms with Crippen LogP contribution in [0.5, 0.6) is 5.88 Å². The molecular weight excluding hydrogens is 241 g/mol. The molecule has 1 aromatic carbocycles. The van der Waals surface area contributed by atoms with Gasteiger partial charge in [-0.2, -0.15) is 0 Å². The van der Waals surface area contributed by atoms with Crippen molar-refractivity contribution in [2.75, 3.05) is 7.11 Å². The first-order valence-electron chi connectivity index (χ1n) is 5.08. The van der Waals surface area contributed by atoms with Gasteiger partial charge in [0.15, 0.2) is 0 Å². The van der Waals surface area contributed by atoms with E-state index < -0.39 is 0 Å². The van der Waals surface area contributed by atoms with Crippen LogP contribution in [0.15, 0.2) is 30.3 Å². The van der Waals surface area contributed by atoms with E-state index in [0.717, 1.165) is 11.1 Å². The van der Waals surface area contributed by atoms with Gasteiger partial charge in [0.25, 0.3) is 0 Å². The number of benzene rings is 1. The second kappa shape index (κ2) is 4.72. The number of hydrogen-bond donors (Lipinski definition) is 0. The molecule has 17 heavy (non-hydrogen) atoms. The van der Waals surface area contributed by atoms with E-state index in [2.05, 4.69) is 4.98 Å². The number of aryl methyl sites for hydroxylation is 1. The maximum atomic E-state index is 13.2. The van der Waals surface area contributed by atoms with Gasteiger partial charge in [0, 0.05) is 6.07 Å². The standard InChI is InChI=1S/C13H11ClFNO/c1-8-5-9(3-4-11(8)15)10-6-12(14)16-13(7-10)17-2/h3-7H,1-2H3. The molecule has 0 radical (unpaired) electrons. The topological polar surface area (TPSA) is 22.1 Å². The number of halogens is 2. The average molecular weight is 252 g/mol. The summed E-state index contributed by atoms with van der Waals surface area (Å²) in [5.74, 6) is 0.218. The molecule has 0 aliphatic heterocycles. The van der Waals surface area contributed by atoms with E-state index in [0.29, 0.717) is 16.6 Å². The molecule has 2 nitrogen and oxygen atoms in total. The summed E-state index contributed by atoms with van der Waals surface area (Å²) in [6.45, 7) is 1.72. The minimum atomic E-state index is -0.221. The number of aromatic nitrogens is 1. The van der Waals surface area contributed by atoms with Gasteiger partial charge in [0.05, 0.1) is 7.11 Å². The first kappa shape index (κ1) is 11.9. The fraction of sp³-hybridized carbons (Fsp3) is 0.154. The van der Waals surface area contributed by atoms with Crippen LogP contribution in [0.4, 0.5) is 4.39 Å². The van der Waals surface area contributed by atoms with Crippen molar-refractivity contribution in [2.24, 2.45) is 0 Å². The smallest absolute Gasteiger partial charge is 0.214 e. The Bertz CT molecular complexity index is 557. The van der Waals surface area contributed by atoms with Gasteiger partial charge in [0.2, 0.25) is 5.88 Å². The van der Waals surface area contributed by atoms with Gasteiger partial charge in [-0.1, -0.05) is 17.7 Å². The van der Waals surface area contributed by atoms with E-state index in [1.165, 1.54) is 13.2 Å². The maximum Gasteiger partial charge on any atom is 0.214 e. The molecule has 0 unspecified atom stereocenters. The second-order valence-corrected chi connectivity index (χ2v) is 4.07. The number of methoxy groups -OCH3 is 1. The van der Waals surface area contributed by atoms with E-state index >= 15 is 0 Å². The maximum absolute atomic E-state index is 13.2. The van der Waals surface area contributed by atoms with Gasteiger partial charge in [-0.25, -0.2) is 9.37 Å². The zero-order valence-corrected chi connectivity index (χ0v) is 10.3. The molecule has 0 saturated heterocycles. The molecule has 0 spiro atoms. The molecule has 0 bridgehead atoms. The number of hydrogen-bond acceptors (Lipinski definition) is 2. The molecule has 1 heterocycles. The lowest BCUT2D eigenvalue weighted by molar-refractivity contribution is 0.398. The van der Waals surface area contributed by atoms with Gasteiger partial charge in [-0.05, 0) is 41.8 Å². The Morgan fingerprint density at radius 1 is 1.18 bits per heavy atom. The molecule has 1 aromatic heterocycles. The Morgan fingerprint density at radius 2 is 1.94 bits per heavy atom. The lowest BCUT2D eigenvalue weighted by Gasteiger charge is -2.06. The molecule has 0 aliphatic rings. The lowest BCUT2D eigenvalue weighted by Crippen LogP contribution is -1.90. The highest BCUT2D eigenvalue weighted by molar-refractivity contribution is 6.29. The van der Waals surface area contributed by atoms with E-state index in [1.807, 2.05) is 0 Å². The molecule has 2 aromatic rings. The fourth-order valence-corrected chi connectivity index (χ4v) is 1.77. The minimum Gasteiger partial charge on any atom is -0.481 e. The normalized spacial score (nSPS) is 10.4. The number of nitrogens with zero attached hydrogens (tertiary/aromatic N) is 1. The summed E-state index contributed by atoms with van der Waals surface area (Å²) in [5.41, 5.74) is 2.32. The van der Waals surface area contributed by atoms with Gasteiger partial charge in [-0.3, -0.25) is 0 Å². The molecular formula is C13H11ClFNO. The van der Waals surface area contributed by atoms with Crippen molar-refractivity contribution in [2.45, 2.75) is 6.92 Å². The summed E-state index contributed by atoms with van der Waals surface area (Å²) in [7, 11) is 1.53. The molecule has 0 atom stereocenters. The van der Waals surface area contributed by atoms with E-state index in [-0.39, 0.29) is 5.82 Å². The van der Waals surface area contributed by atoms with Crippen molar-refractivity contribution >= 4 is 11.6 Å². The summed E-state index contributed by atoms with van der Waals surface area (Å²) in [6.07, 6.45) is 0. The summed E-state index contributed by atoms with van der Waals surface area (Å²) in [6, 6.07) is 8.38. The first-order chi connectivity index (χ1) is 8.10. The molecule has 0 fully saturated rings. The van der Waals surface area contributed by atoms with Crippen LogP contribution in [-0.4, -0.2) is 12.1 Å². The fourth-order valence-electron chi connectivity index (χ4n) is 1.57. The molecule has 88 valence electrons. The Balaban J connectivity index is 2.52. The van der Waals surface area contributed by atoms with Crippen molar-refractivity contribution in [1.82, 2.24) is 4.98 Å². The highest BCUT2D eigenvalue weighted by atomic mass is 35.5. The quantitative estimate of drug-likeness (QED) is 0.756. The summed E-state index contributed by atoms with van der Waals surface area (Å²) in [5, 5.41) is 0.348. The third kappa shape index (κ3) is 2.56. The van der Waals surface area contributed by atoms with Crippen molar-refractivity contribution in [1.29, 1.82) is 0 Å². The molecule has 0 aliphatic carbocycles. The third-order valence-corrected chi connectivity index (χ3v) is 2.66. The third-order valence-electron chi connectivity index (χ3n) is 2.47. The van der Waals surface area contributed by atoms with Crippen LogP contribution in [0.25, 0.3) is 11.1 Å². The first-order valence-corrected chi connectivity index (χ1v) is 5.46. The summed E-state index contributed by atoms with van der Waals surface area (Å²) < 4.78 is 18.2. The van der Waals surface area contributed by atoms with Gasteiger partial charge in [0.1, 0.15) is 11.0 Å². The number of ether oxygens (including phenoxy) is 1. The highest BCUT2D eigenvalue weighted by Gasteiger charge is 2.05. The SMILES string of the molecule is COc1cc(-c2ccc(F)c(C)c2)cc(Cl)n1. The zero-order chi connectivity index (χ0) is 12.4. The Kier molecular flexibility index (Phi) is 3.29. The summed E-state index contributed by atoms with van der Waals surface area (Å²) in [4.78, 5) is 3.99. The molecule has 0 N–H and O–H groups in total. The Hall–Kier alpha value is -1.61. The second-order valence-electron chi connectivity index (χ2n) is 3.68. The predicted molar refractivity (Wildman–Crippen MR) is 65.9 cm³/mol. The predicted octanol–water partition coefficient (Wildman–Crippen LogP) is 3.86. The van der Waals surface area contributed by atoms with Crippen molar-refractivity contribution in [3.63, 3.8) is 0 Å². The largest absolute Gasteiger partial charge is 0.481 e. The van der Waals surface area contributed by atoms with E-state index in [4.69, 9.17) is 16.3 Å². The van der Waals surface area contributed by atoms with Crippen LogP contribution in [0, 0.1) is 12.7 Å². The summed E-state index contributed by atoms with van der Waals surface area (Å²) >= 11 is 5.88. The average Bonchev–Trinajstić information content (AvgIpc) is 2.32. The molecule has 0 amide bonds. The van der Waals surface area contributed by atoms with Crippen LogP contribution in [0.2, 0.25) is 5.15 Å². The van der Waals surface area contributed by atoms with Crippen LogP contribution < -0.4 is 4.74 Å². The van der Waals surface area contributed by atoms with Gasteiger partial charge >= 0.3 is 0 Å². The molecule has 0 saturated carbocycles.